The number of nitrogens with zero attached hydrogens (tertiary/aromatic N) is 5. The molecule has 3 aromatic rings. The summed E-state index contributed by atoms with van der Waals surface area (Å²) in [6, 6.07) is 11.7. The fourth-order valence-electron chi connectivity index (χ4n) is 4.22. The Balaban J connectivity index is 1.59. The molecule has 1 unspecified atom stereocenters. The van der Waals surface area contributed by atoms with Crippen molar-refractivity contribution in [1.82, 2.24) is 15.0 Å². The minimum Gasteiger partial charge on any atom is -0.462 e. The standard InChI is InChI=1S/C24H25F3N6O3S/c1-2-13-37(34,35)32-22-23(31-19-6-4-3-5-18(19)30-22)36-21(24(25,26)27)17-9-11-33(12-10-17)20-8-7-16(14-28)15-29-20/h3-8,15,17,21H,2,9-13H2,1H3,(H,30,32). The quantitative estimate of drug-likeness (QED) is 0.455. The van der Waals surface area contributed by atoms with Gasteiger partial charge in [0.2, 0.25) is 15.8 Å². The first-order chi connectivity index (χ1) is 17.6. The van der Waals surface area contributed by atoms with Crippen molar-refractivity contribution in [3.8, 4) is 11.9 Å². The number of benzene rings is 1. The molecule has 1 aliphatic rings. The summed E-state index contributed by atoms with van der Waals surface area (Å²) in [6.07, 6.45) is -4.90. The van der Waals surface area contributed by atoms with Crippen LogP contribution in [0.2, 0.25) is 0 Å². The molecule has 1 aliphatic heterocycles. The van der Waals surface area contributed by atoms with E-state index in [0.29, 0.717) is 36.4 Å². The van der Waals surface area contributed by atoms with E-state index < -0.39 is 34.1 Å². The molecule has 1 fully saturated rings. The van der Waals surface area contributed by atoms with Crippen molar-refractivity contribution in [2.24, 2.45) is 5.92 Å². The number of aromatic nitrogens is 3. The van der Waals surface area contributed by atoms with Gasteiger partial charge in [-0.1, -0.05) is 19.1 Å². The SMILES string of the molecule is CCCS(=O)(=O)Nc1nc2ccccc2nc1OC(C1CCN(c2ccc(C#N)cn2)CC1)C(F)(F)F. The molecule has 3 heterocycles. The molecule has 1 atom stereocenters. The number of fused-ring (bicyclic) bond motifs is 1. The van der Waals surface area contributed by atoms with E-state index in [4.69, 9.17) is 10.00 Å². The van der Waals surface area contributed by atoms with Crippen LogP contribution in [-0.2, 0) is 10.0 Å². The lowest BCUT2D eigenvalue weighted by molar-refractivity contribution is -0.212. The first kappa shape index (κ1) is 26.4. The zero-order valence-electron chi connectivity index (χ0n) is 19.9. The molecule has 4 rings (SSSR count). The van der Waals surface area contributed by atoms with Gasteiger partial charge in [0.1, 0.15) is 11.9 Å². The fourth-order valence-corrected chi connectivity index (χ4v) is 5.29. The van der Waals surface area contributed by atoms with Gasteiger partial charge >= 0.3 is 6.18 Å². The van der Waals surface area contributed by atoms with Crippen LogP contribution in [0.3, 0.4) is 0 Å². The Morgan fingerprint density at radius 2 is 1.84 bits per heavy atom. The number of halogens is 3. The number of alkyl halides is 3. The summed E-state index contributed by atoms with van der Waals surface area (Å²) in [5, 5.41) is 8.93. The van der Waals surface area contributed by atoms with Crippen LogP contribution < -0.4 is 14.4 Å². The number of para-hydroxylation sites is 2. The van der Waals surface area contributed by atoms with E-state index in [9.17, 15) is 21.6 Å². The predicted octanol–water partition coefficient (Wildman–Crippen LogP) is 4.27. The molecule has 2 aromatic heterocycles. The molecular formula is C24H25F3N6O3S. The monoisotopic (exact) mass is 534 g/mol. The number of pyridine rings is 1. The maximum absolute atomic E-state index is 14.2. The highest BCUT2D eigenvalue weighted by atomic mass is 32.2. The summed E-state index contributed by atoms with van der Waals surface area (Å²) in [6.45, 7) is 2.28. The van der Waals surface area contributed by atoms with Crippen molar-refractivity contribution >= 4 is 32.7 Å². The average molecular weight is 535 g/mol. The molecule has 1 saturated heterocycles. The smallest absolute Gasteiger partial charge is 0.425 e. The molecule has 1 aromatic carbocycles. The molecule has 0 radical (unpaired) electrons. The fraction of sp³-hybridized carbons (Fsp3) is 0.417. The van der Waals surface area contributed by atoms with Crippen molar-refractivity contribution in [1.29, 1.82) is 5.26 Å². The van der Waals surface area contributed by atoms with Gasteiger partial charge in [0.25, 0.3) is 5.88 Å². The van der Waals surface area contributed by atoms with Gasteiger partial charge in [-0.15, -0.1) is 0 Å². The maximum atomic E-state index is 14.2. The predicted molar refractivity (Wildman–Crippen MR) is 132 cm³/mol. The average Bonchev–Trinajstić information content (AvgIpc) is 2.86. The van der Waals surface area contributed by atoms with Gasteiger partial charge < -0.3 is 9.64 Å². The van der Waals surface area contributed by atoms with E-state index >= 15 is 0 Å². The second kappa shape index (κ2) is 10.8. The number of piperidine rings is 1. The topological polar surface area (TPSA) is 121 Å². The molecule has 9 nitrogen and oxygen atoms in total. The highest BCUT2D eigenvalue weighted by Crippen LogP contribution is 2.37. The Kier molecular flexibility index (Phi) is 7.68. The second-order valence-electron chi connectivity index (χ2n) is 8.71. The van der Waals surface area contributed by atoms with E-state index in [2.05, 4.69) is 19.7 Å². The Bertz CT molecular complexity index is 1390. The summed E-state index contributed by atoms with van der Waals surface area (Å²) in [4.78, 5) is 14.5. The molecule has 13 heteroatoms. The summed E-state index contributed by atoms with van der Waals surface area (Å²) < 4.78 is 75.2. The summed E-state index contributed by atoms with van der Waals surface area (Å²) in [7, 11) is -3.86. The number of sulfonamides is 1. The van der Waals surface area contributed by atoms with E-state index in [1.165, 1.54) is 6.20 Å². The van der Waals surface area contributed by atoms with E-state index in [1.807, 2.05) is 11.0 Å². The molecule has 0 aliphatic carbocycles. The van der Waals surface area contributed by atoms with Crippen LogP contribution in [0, 0.1) is 17.2 Å². The zero-order valence-corrected chi connectivity index (χ0v) is 20.8. The number of rotatable bonds is 8. The zero-order chi connectivity index (χ0) is 26.6. The van der Waals surface area contributed by atoms with Crippen LogP contribution in [0.1, 0.15) is 31.7 Å². The van der Waals surface area contributed by atoms with E-state index in [1.54, 1.807) is 43.3 Å². The number of hydrogen-bond donors (Lipinski definition) is 1. The van der Waals surface area contributed by atoms with E-state index in [-0.39, 0.29) is 29.9 Å². The summed E-state index contributed by atoms with van der Waals surface area (Å²) in [5.41, 5.74) is 0.987. The van der Waals surface area contributed by atoms with Crippen molar-refractivity contribution < 1.29 is 26.3 Å². The minimum absolute atomic E-state index is 0.157. The maximum Gasteiger partial charge on any atom is 0.425 e. The number of nitriles is 1. The molecular weight excluding hydrogens is 509 g/mol. The largest absolute Gasteiger partial charge is 0.462 e. The van der Waals surface area contributed by atoms with Gasteiger partial charge in [-0.05, 0) is 43.5 Å². The molecule has 0 bridgehead atoms. The van der Waals surface area contributed by atoms with Crippen molar-refractivity contribution in [3.05, 3.63) is 48.2 Å². The Morgan fingerprint density at radius 3 is 2.41 bits per heavy atom. The van der Waals surface area contributed by atoms with Crippen LogP contribution in [0.5, 0.6) is 5.88 Å². The van der Waals surface area contributed by atoms with Crippen LogP contribution in [0.25, 0.3) is 11.0 Å². The van der Waals surface area contributed by atoms with Crippen LogP contribution in [0.15, 0.2) is 42.6 Å². The van der Waals surface area contributed by atoms with Gasteiger partial charge in [0.05, 0.1) is 22.3 Å². The van der Waals surface area contributed by atoms with Crippen LogP contribution in [0.4, 0.5) is 24.8 Å². The number of anilines is 2. The van der Waals surface area contributed by atoms with Gasteiger partial charge in [-0.3, -0.25) is 4.72 Å². The minimum atomic E-state index is -4.73. The third-order valence-electron chi connectivity index (χ3n) is 5.99. The molecule has 0 saturated carbocycles. The Hall–Kier alpha value is -3.66. The summed E-state index contributed by atoms with van der Waals surface area (Å²) >= 11 is 0. The van der Waals surface area contributed by atoms with E-state index in [0.717, 1.165) is 0 Å². The van der Waals surface area contributed by atoms with Crippen LogP contribution in [-0.4, -0.2) is 54.5 Å². The van der Waals surface area contributed by atoms with Gasteiger partial charge in [-0.2, -0.15) is 18.4 Å². The molecule has 1 N–H and O–H groups in total. The molecule has 0 spiro atoms. The highest BCUT2D eigenvalue weighted by molar-refractivity contribution is 7.92. The van der Waals surface area contributed by atoms with Gasteiger partial charge in [0.15, 0.2) is 6.10 Å². The second-order valence-corrected chi connectivity index (χ2v) is 10.6. The normalized spacial score (nSPS) is 15.8. The molecule has 196 valence electrons. The van der Waals surface area contributed by atoms with Crippen molar-refractivity contribution in [2.75, 3.05) is 28.5 Å². The lowest BCUT2D eigenvalue weighted by Gasteiger charge is -2.37. The number of nitrogens with one attached hydrogen (secondary N) is 1. The first-order valence-corrected chi connectivity index (χ1v) is 13.4. The first-order valence-electron chi connectivity index (χ1n) is 11.7. The lowest BCUT2D eigenvalue weighted by atomic mass is 9.90. The van der Waals surface area contributed by atoms with Gasteiger partial charge in [-0.25, -0.2) is 23.4 Å². The number of hydrogen-bond acceptors (Lipinski definition) is 8. The third kappa shape index (κ3) is 6.37. The van der Waals surface area contributed by atoms with Crippen molar-refractivity contribution in [3.63, 3.8) is 0 Å². The lowest BCUT2D eigenvalue weighted by Crippen LogP contribution is -2.46. The Morgan fingerprint density at radius 1 is 1.16 bits per heavy atom. The van der Waals surface area contributed by atoms with Gasteiger partial charge in [0, 0.05) is 25.2 Å². The highest BCUT2D eigenvalue weighted by Gasteiger charge is 2.48. The number of ether oxygens (including phenoxy) is 1. The third-order valence-corrected chi connectivity index (χ3v) is 7.44. The molecule has 0 amide bonds. The van der Waals surface area contributed by atoms with Crippen LogP contribution >= 0.6 is 0 Å². The summed E-state index contributed by atoms with van der Waals surface area (Å²) in [5.74, 6) is -1.44. The van der Waals surface area contributed by atoms with Crippen molar-refractivity contribution in [2.45, 2.75) is 38.5 Å². The Labute approximate surface area is 212 Å². The molecule has 37 heavy (non-hydrogen) atoms.